The first-order valence-corrected chi connectivity index (χ1v) is 13.7. The zero-order chi connectivity index (χ0) is 24.8. The van der Waals surface area contributed by atoms with Crippen molar-refractivity contribution in [3.63, 3.8) is 0 Å². The highest BCUT2D eigenvalue weighted by atomic mass is 32.2. The van der Waals surface area contributed by atoms with Crippen molar-refractivity contribution in [2.45, 2.75) is 38.4 Å². The van der Waals surface area contributed by atoms with Gasteiger partial charge in [-0.15, -0.1) is 0 Å². The summed E-state index contributed by atoms with van der Waals surface area (Å²) in [5.41, 5.74) is 3.57. The van der Waals surface area contributed by atoms with E-state index in [4.69, 9.17) is 9.72 Å². The lowest BCUT2D eigenvalue weighted by Crippen LogP contribution is -2.45. The lowest BCUT2D eigenvalue weighted by molar-refractivity contribution is 0.255. The van der Waals surface area contributed by atoms with Crippen molar-refractivity contribution in [3.05, 3.63) is 71.9 Å². The summed E-state index contributed by atoms with van der Waals surface area (Å²) < 4.78 is 32.6. The molecule has 2 N–H and O–H groups in total. The zero-order valence-electron chi connectivity index (χ0n) is 20.4. The molecule has 1 fully saturated rings. The number of nitrogens with one attached hydrogen (secondary N) is 2. The molecule has 1 aliphatic heterocycles. The van der Waals surface area contributed by atoms with Crippen LogP contribution in [-0.4, -0.2) is 55.2 Å². The van der Waals surface area contributed by atoms with Crippen LogP contribution in [0.5, 0.6) is 5.75 Å². The molecule has 3 aromatic rings. The molecule has 1 unspecified atom stereocenters. The Kier molecular flexibility index (Phi) is 8.00. The van der Waals surface area contributed by atoms with Crippen LogP contribution in [0.1, 0.15) is 36.9 Å². The van der Waals surface area contributed by atoms with Crippen LogP contribution in [-0.2, 0) is 16.6 Å². The first kappa shape index (κ1) is 25.1. The molecule has 186 valence electrons. The zero-order valence-corrected chi connectivity index (χ0v) is 21.3. The van der Waals surface area contributed by atoms with Gasteiger partial charge in [-0.05, 0) is 62.7 Å². The number of rotatable bonds is 9. The van der Waals surface area contributed by atoms with Crippen LogP contribution in [0.15, 0.2) is 60.8 Å². The Balaban J connectivity index is 1.60. The summed E-state index contributed by atoms with van der Waals surface area (Å²) in [7, 11) is -1.79. The molecule has 9 heteroatoms. The van der Waals surface area contributed by atoms with E-state index in [2.05, 4.69) is 34.7 Å². The van der Waals surface area contributed by atoms with Crippen LogP contribution in [0, 0.1) is 0 Å². The Labute approximate surface area is 207 Å². The Morgan fingerprint density at radius 3 is 2.57 bits per heavy atom. The van der Waals surface area contributed by atoms with E-state index in [0.717, 1.165) is 48.3 Å². The molecule has 0 amide bonds. The minimum absolute atomic E-state index is 0.0334. The molecule has 4 rings (SSSR count). The molecule has 35 heavy (non-hydrogen) atoms. The smallest absolute Gasteiger partial charge is 0.223 e. The second-order valence-electron chi connectivity index (χ2n) is 8.86. The summed E-state index contributed by atoms with van der Waals surface area (Å²) in [6.45, 7) is 3.94. The maximum atomic E-state index is 12.7. The quantitative estimate of drug-likeness (QED) is 0.466. The number of sulfonamides is 1. The Morgan fingerprint density at radius 1 is 1.14 bits per heavy atom. The van der Waals surface area contributed by atoms with E-state index in [1.165, 1.54) is 6.26 Å². The van der Waals surface area contributed by atoms with Crippen LogP contribution >= 0.6 is 0 Å². The third-order valence-electron chi connectivity index (χ3n) is 6.35. The second-order valence-corrected chi connectivity index (χ2v) is 10.8. The molecule has 1 atom stereocenters. The van der Waals surface area contributed by atoms with E-state index in [9.17, 15) is 8.42 Å². The number of anilines is 1. The van der Waals surface area contributed by atoms with Gasteiger partial charge in [0.25, 0.3) is 0 Å². The Morgan fingerprint density at radius 2 is 1.89 bits per heavy atom. The summed E-state index contributed by atoms with van der Waals surface area (Å²) in [5, 5.41) is 6.66. The molecular weight excluding hydrogens is 462 g/mol. The van der Waals surface area contributed by atoms with Gasteiger partial charge >= 0.3 is 0 Å². The maximum absolute atomic E-state index is 12.7. The van der Waals surface area contributed by atoms with Gasteiger partial charge in [-0.1, -0.05) is 30.3 Å². The molecule has 0 bridgehead atoms. The van der Waals surface area contributed by atoms with Crippen LogP contribution in [0.2, 0.25) is 0 Å². The van der Waals surface area contributed by atoms with Gasteiger partial charge in [-0.3, -0.25) is 0 Å². The number of hydrogen-bond donors (Lipinski definition) is 2. The molecular formula is C26H33N5O3S. The molecule has 1 aliphatic rings. The Bertz CT molecular complexity index is 1230. The molecule has 0 radical (unpaired) electrons. The van der Waals surface area contributed by atoms with Gasteiger partial charge in [-0.25, -0.2) is 18.4 Å². The monoisotopic (exact) mass is 495 g/mol. The molecule has 2 aromatic carbocycles. The molecule has 0 spiro atoms. The van der Waals surface area contributed by atoms with Gasteiger partial charge in [0.15, 0.2) is 0 Å². The average molecular weight is 496 g/mol. The molecule has 2 heterocycles. The first-order valence-electron chi connectivity index (χ1n) is 11.8. The van der Waals surface area contributed by atoms with Crippen molar-refractivity contribution in [3.8, 4) is 17.0 Å². The van der Waals surface area contributed by atoms with E-state index in [0.29, 0.717) is 11.7 Å². The number of hydrogen-bond acceptors (Lipinski definition) is 7. The SMILES string of the molecule is COc1ccc(-c2ccnc(NC(C)c3ccccc3)n2)cc1CN(C1CCNCC1)S(C)(=O)=O. The number of methoxy groups -OCH3 is 1. The van der Waals surface area contributed by atoms with Crippen LogP contribution in [0.4, 0.5) is 5.95 Å². The van der Waals surface area contributed by atoms with Crippen molar-refractivity contribution in [1.82, 2.24) is 19.6 Å². The lowest BCUT2D eigenvalue weighted by Gasteiger charge is -2.33. The fourth-order valence-electron chi connectivity index (χ4n) is 4.45. The molecule has 0 saturated carbocycles. The van der Waals surface area contributed by atoms with E-state index < -0.39 is 10.0 Å². The van der Waals surface area contributed by atoms with Crippen LogP contribution < -0.4 is 15.4 Å². The highest BCUT2D eigenvalue weighted by Gasteiger charge is 2.29. The standard InChI is InChI=1S/C26H33N5O3S/c1-19(20-7-5-4-6-8-20)29-26-28-16-13-24(30-26)21-9-10-25(34-2)22(17-21)18-31(35(3,32)33)23-11-14-27-15-12-23/h4-10,13,16-17,19,23,27H,11-12,14-15,18H2,1-3H3,(H,28,29,30). The lowest BCUT2D eigenvalue weighted by atomic mass is 10.0. The summed E-state index contributed by atoms with van der Waals surface area (Å²) in [6.07, 6.45) is 4.58. The fourth-order valence-corrected chi connectivity index (χ4v) is 5.57. The highest BCUT2D eigenvalue weighted by molar-refractivity contribution is 7.88. The van der Waals surface area contributed by atoms with Gasteiger partial charge in [0.1, 0.15) is 5.75 Å². The first-order chi connectivity index (χ1) is 16.8. The van der Waals surface area contributed by atoms with Gasteiger partial charge in [0.05, 0.1) is 25.1 Å². The average Bonchev–Trinajstić information content (AvgIpc) is 2.87. The van der Waals surface area contributed by atoms with Crippen LogP contribution in [0.25, 0.3) is 11.3 Å². The molecule has 1 aromatic heterocycles. The van der Waals surface area contributed by atoms with E-state index in [1.54, 1.807) is 17.6 Å². The fraction of sp³-hybridized carbons (Fsp3) is 0.385. The largest absolute Gasteiger partial charge is 0.496 e. The second kappa shape index (κ2) is 11.2. The minimum Gasteiger partial charge on any atom is -0.496 e. The van der Waals surface area contributed by atoms with Crippen molar-refractivity contribution >= 4 is 16.0 Å². The maximum Gasteiger partial charge on any atom is 0.223 e. The Hall–Kier alpha value is -3.01. The normalized spacial score (nSPS) is 15.7. The number of piperidine rings is 1. The van der Waals surface area contributed by atoms with Gasteiger partial charge < -0.3 is 15.4 Å². The third-order valence-corrected chi connectivity index (χ3v) is 7.62. The van der Waals surface area contributed by atoms with Crippen molar-refractivity contribution in [2.75, 3.05) is 31.8 Å². The van der Waals surface area contributed by atoms with E-state index >= 15 is 0 Å². The number of benzene rings is 2. The molecule has 1 saturated heterocycles. The van der Waals surface area contributed by atoms with Crippen molar-refractivity contribution in [2.24, 2.45) is 0 Å². The number of ether oxygens (including phenoxy) is 1. The summed E-state index contributed by atoms with van der Waals surface area (Å²) in [6, 6.07) is 17.8. The van der Waals surface area contributed by atoms with E-state index in [-0.39, 0.29) is 18.6 Å². The summed E-state index contributed by atoms with van der Waals surface area (Å²) in [5.74, 6) is 1.19. The third kappa shape index (κ3) is 6.36. The van der Waals surface area contributed by atoms with Gasteiger partial charge in [0, 0.05) is 29.9 Å². The van der Waals surface area contributed by atoms with Crippen LogP contribution in [0.3, 0.4) is 0 Å². The van der Waals surface area contributed by atoms with Crippen molar-refractivity contribution < 1.29 is 13.2 Å². The highest BCUT2D eigenvalue weighted by Crippen LogP contribution is 2.29. The minimum atomic E-state index is -3.40. The summed E-state index contributed by atoms with van der Waals surface area (Å²) in [4.78, 5) is 9.11. The topological polar surface area (TPSA) is 96.4 Å². The van der Waals surface area contributed by atoms with E-state index in [1.807, 2.05) is 42.5 Å². The summed E-state index contributed by atoms with van der Waals surface area (Å²) >= 11 is 0. The number of aromatic nitrogens is 2. The number of nitrogens with zero attached hydrogens (tertiary/aromatic N) is 3. The predicted octanol–water partition coefficient (Wildman–Crippen LogP) is 3.84. The molecule has 0 aliphatic carbocycles. The molecule has 8 nitrogen and oxygen atoms in total. The van der Waals surface area contributed by atoms with Crippen molar-refractivity contribution in [1.29, 1.82) is 0 Å². The van der Waals surface area contributed by atoms with Gasteiger partial charge in [0.2, 0.25) is 16.0 Å². The predicted molar refractivity (Wildman–Crippen MR) is 139 cm³/mol. The van der Waals surface area contributed by atoms with Gasteiger partial charge in [-0.2, -0.15) is 4.31 Å².